The molecule has 0 saturated heterocycles. The summed E-state index contributed by atoms with van der Waals surface area (Å²) in [5.74, 6) is 1.69. The predicted octanol–water partition coefficient (Wildman–Crippen LogP) is 2.58. The first-order chi connectivity index (χ1) is 10.5. The molecule has 0 amide bonds. The Morgan fingerprint density at radius 3 is 2.77 bits per heavy atom. The van der Waals surface area contributed by atoms with Crippen LogP contribution in [0, 0.1) is 35.0 Å². The number of Topliss-reactive ketones (excluding diaryl/α,β-unsaturated/α-hetero) is 1. The molecular formula is C18H28O4. The van der Waals surface area contributed by atoms with Crippen molar-refractivity contribution in [2.75, 3.05) is 13.7 Å². The maximum atomic E-state index is 12.8. The number of hydrogen-bond acceptors (Lipinski definition) is 4. The standard InChI is InChI=1S/C18H28O4/c1-18-10-16(20)13-9-11(7-8-19)3-4-12(13)14(18)5-6-15(18)17(21)22-2/h11-15,19H,3-10H2,1-2H3/t11-,12+,13+,14-,15+,18-/m0/s1. The Morgan fingerprint density at radius 1 is 1.32 bits per heavy atom. The highest BCUT2D eigenvalue weighted by atomic mass is 16.5. The van der Waals surface area contributed by atoms with Crippen molar-refractivity contribution in [1.82, 2.24) is 0 Å². The highest BCUT2D eigenvalue weighted by Crippen LogP contribution is 2.61. The average molecular weight is 308 g/mol. The Bertz CT molecular complexity index is 460. The molecule has 3 fully saturated rings. The Morgan fingerprint density at radius 2 is 2.09 bits per heavy atom. The van der Waals surface area contributed by atoms with Crippen LogP contribution in [0.2, 0.25) is 0 Å². The number of carbonyl (C=O) groups excluding carboxylic acids is 2. The van der Waals surface area contributed by atoms with E-state index in [2.05, 4.69) is 6.92 Å². The molecule has 3 aliphatic carbocycles. The first-order valence-corrected chi connectivity index (χ1v) is 8.72. The van der Waals surface area contributed by atoms with Crippen molar-refractivity contribution < 1.29 is 19.4 Å². The maximum absolute atomic E-state index is 12.8. The van der Waals surface area contributed by atoms with Crippen molar-refractivity contribution in [1.29, 1.82) is 0 Å². The molecule has 3 rings (SSSR count). The molecule has 0 bridgehead atoms. The summed E-state index contributed by atoms with van der Waals surface area (Å²) in [6.07, 6.45) is 6.41. The van der Waals surface area contributed by atoms with Gasteiger partial charge in [-0.1, -0.05) is 13.3 Å². The van der Waals surface area contributed by atoms with Gasteiger partial charge in [0.15, 0.2) is 0 Å². The molecular weight excluding hydrogens is 280 g/mol. The quantitative estimate of drug-likeness (QED) is 0.814. The molecule has 0 heterocycles. The second kappa shape index (κ2) is 5.95. The number of ether oxygens (including phenoxy) is 1. The monoisotopic (exact) mass is 308 g/mol. The number of hydrogen-bond donors (Lipinski definition) is 1. The Balaban J connectivity index is 1.81. The summed E-state index contributed by atoms with van der Waals surface area (Å²) in [5, 5.41) is 9.16. The maximum Gasteiger partial charge on any atom is 0.309 e. The van der Waals surface area contributed by atoms with Crippen molar-refractivity contribution in [3.63, 3.8) is 0 Å². The summed E-state index contributed by atoms with van der Waals surface area (Å²) in [6, 6.07) is 0. The van der Waals surface area contributed by atoms with E-state index in [0.29, 0.717) is 30.0 Å². The fourth-order valence-electron chi connectivity index (χ4n) is 5.84. The predicted molar refractivity (Wildman–Crippen MR) is 82.0 cm³/mol. The van der Waals surface area contributed by atoms with Gasteiger partial charge in [-0.2, -0.15) is 0 Å². The minimum absolute atomic E-state index is 0.109. The van der Waals surface area contributed by atoms with Crippen LogP contribution in [0.3, 0.4) is 0 Å². The zero-order chi connectivity index (χ0) is 15.9. The van der Waals surface area contributed by atoms with Crippen LogP contribution >= 0.6 is 0 Å². The molecule has 0 spiro atoms. The topological polar surface area (TPSA) is 63.6 Å². The Labute approximate surface area is 132 Å². The minimum Gasteiger partial charge on any atom is -0.469 e. The molecule has 4 nitrogen and oxygen atoms in total. The lowest BCUT2D eigenvalue weighted by molar-refractivity contribution is -0.155. The number of aliphatic hydroxyl groups is 1. The van der Waals surface area contributed by atoms with E-state index in [4.69, 9.17) is 9.84 Å². The van der Waals surface area contributed by atoms with Gasteiger partial charge < -0.3 is 9.84 Å². The van der Waals surface area contributed by atoms with Crippen LogP contribution in [0.4, 0.5) is 0 Å². The number of carbonyl (C=O) groups is 2. The molecule has 22 heavy (non-hydrogen) atoms. The van der Waals surface area contributed by atoms with Crippen LogP contribution in [0.25, 0.3) is 0 Å². The van der Waals surface area contributed by atoms with E-state index in [0.717, 1.165) is 38.5 Å². The normalized spacial score (nSPS) is 44.3. The summed E-state index contributed by atoms with van der Waals surface area (Å²) in [5.41, 5.74) is -0.199. The van der Waals surface area contributed by atoms with Crippen molar-refractivity contribution in [3.8, 4) is 0 Å². The summed E-state index contributed by atoms with van der Waals surface area (Å²) >= 11 is 0. The fourth-order valence-corrected chi connectivity index (χ4v) is 5.84. The SMILES string of the molecule is COC(=O)[C@H]1CC[C@H]2[C@@H]3CC[C@@H](CCO)C[C@H]3C(=O)C[C@]12C. The van der Waals surface area contributed by atoms with Gasteiger partial charge in [-0.3, -0.25) is 9.59 Å². The summed E-state index contributed by atoms with van der Waals surface area (Å²) in [4.78, 5) is 24.9. The van der Waals surface area contributed by atoms with E-state index in [1.807, 2.05) is 0 Å². The van der Waals surface area contributed by atoms with Crippen LogP contribution in [0.1, 0.15) is 51.9 Å². The molecule has 0 aliphatic heterocycles. The molecule has 0 aromatic heterocycles. The van der Waals surface area contributed by atoms with Crippen LogP contribution in [0.15, 0.2) is 0 Å². The van der Waals surface area contributed by atoms with Gasteiger partial charge in [-0.05, 0) is 55.3 Å². The number of fused-ring (bicyclic) bond motifs is 3. The number of esters is 1. The van der Waals surface area contributed by atoms with Gasteiger partial charge in [0.05, 0.1) is 13.0 Å². The van der Waals surface area contributed by atoms with Crippen LogP contribution < -0.4 is 0 Å². The first kappa shape index (κ1) is 16.0. The zero-order valence-electron chi connectivity index (χ0n) is 13.7. The van der Waals surface area contributed by atoms with Crippen LogP contribution in [0.5, 0.6) is 0 Å². The summed E-state index contributed by atoms with van der Waals surface area (Å²) < 4.78 is 4.99. The third kappa shape index (κ3) is 2.40. The Kier molecular flexibility index (Phi) is 4.32. The lowest BCUT2D eigenvalue weighted by atomic mass is 9.53. The molecule has 3 saturated carbocycles. The van der Waals surface area contributed by atoms with E-state index in [1.54, 1.807) is 0 Å². The molecule has 0 aromatic carbocycles. The molecule has 0 radical (unpaired) electrons. The molecule has 1 N–H and O–H groups in total. The van der Waals surface area contributed by atoms with Crippen LogP contribution in [-0.2, 0) is 14.3 Å². The molecule has 4 heteroatoms. The fraction of sp³-hybridized carbons (Fsp3) is 0.889. The van der Waals surface area contributed by atoms with E-state index >= 15 is 0 Å². The van der Waals surface area contributed by atoms with Gasteiger partial charge >= 0.3 is 5.97 Å². The van der Waals surface area contributed by atoms with E-state index in [9.17, 15) is 9.59 Å². The lowest BCUT2D eigenvalue weighted by Gasteiger charge is -2.50. The van der Waals surface area contributed by atoms with E-state index in [1.165, 1.54) is 7.11 Å². The third-order valence-electron chi connectivity index (χ3n) is 6.93. The zero-order valence-corrected chi connectivity index (χ0v) is 13.7. The van der Waals surface area contributed by atoms with E-state index in [-0.39, 0.29) is 29.8 Å². The van der Waals surface area contributed by atoms with Gasteiger partial charge in [0, 0.05) is 18.9 Å². The molecule has 124 valence electrons. The van der Waals surface area contributed by atoms with Crippen molar-refractivity contribution in [2.24, 2.45) is 35.0 Å². The van der Waals surface area contributed by atoms with Crippen molar-refractivity contribution in [3.05, 3.63) is 0 Å². The highest BCUT2D eigenvalue weighted by molar-refractivity contribution is 5.85. The van der Waals surface area contributed by atoms with Gasteiger partial charge in [0.1, 0.15) is 5.78 Å². The summed E-state index contributed by atoms with van der Waals surface area (Å²) in [6.45, 7) is 2.36. The molecule has 6 atom stereocenters. The van der Waals surface area contributed by atoms with Gasteiger partial charge in [0.25, 0.3) is 0 Å². The lowest BCUT2D eigenvalue weighted by Crippen LogP contribution is -2.49. The Hall–Kier alpha value is -0.900. The van der Waals surface area contributed by atoms with Gasteiger partial charge in [0.2, 0.25) is 0 Å². The number of ketones is 1. The minimum atomic E-state index is -0.199. The number of rotatable bonds is 3. The second-order valence-corrected chi connectivity index (χ2v) is 7.87. The van der Waals surface area contributed by atoms with Crippen LogP contribution in [-0.4, -0.2) is 30.6 Å². The molecule has 0 aromatic rings. The van der Waals surface area contributed by atoms with Crippen molar-refractivity contribution >= 4 is 11.8 Å². The van der Waals surface area contributed by atoms with E-state index < -0.39 is 0 Å². The largest absolute Gasteiger partial charge is 0.469 e. The van der Waals surface area contributed by atoms with Crippen molar-refractivity contribution in [2.45, 2.75) is 51.9 Å². The number of methoxy groups -OCH3 is 1. The summed E-state index contributed by atoms with van der Waals surface area (Å²) in [7, 11) is 1.45. The number of aliphatic hydroxyl groups excluding tert-OH is 1. The first-order valence-electron chi connectivity index (χ1n) is 8.72. The smallest absolute Gasteiger partial charge is 0.309 e. The van der Waals surface area contributed by atoms with Gasteiger partial charge in [-0.25, -0.2) is 0 Å². The van der Waals surface area contributed by atoms with Gasteiger partial charge in [-0.15, -0.1) is 0 Å². The second-order valence-electron chi connectivity index (χ2n) is 7.87. The molecule has 3 aliphatic rings. The third-order valence-corrected chi connectivity index (χ3v) is 6.93. The average Bonchev–Trinajstić information content (AvgIpc) is 2.84. The highest BCUT2D eigenvalue weighted by Gasteiger charge is 2.59. The molecule has 0 unspecified atom stereocenters.